The van der Waals surface area contributed by atoms with Gasteiger partial charge in [-0.25, -0.2) is 4.39 Å². The third-order valence-electron chi connectivity index (χ3n) is 6.36. The van der Waals surface area contributed by atoms with Gasteiger partial charge in [0.25, 0.3) is 5.91 Å². The molecule has 0 spiro atoms. The fourth-order valence-electron chi connectivity index (χ4n) is 4.31. The van der Waals surface area contributed by atoms with Crippen LogP contribution in [0.15, 0.2) is 22.7 Å². The van der Waals surface area contributed by atoms with Crippen LogP contribution in [0.1, 0.15) is 49.0 Å². The number of benzene rings is 1. The number of aromatic nitrogens is 1. The van der Waals surface area contributed by atoms with Crippen LogP contribution in [0.5, 0.6) is 0 Å². The Labute approximate surface area is 203 Å². The van der Waals surface area contributed by atoms with Gasteiger partial charge in [0.2, 0.25) is 17.7 Å². The number of rotatable bonds is 9. The van der Waals surface area contributed by atoms with Gasteiger partial charge in [0.1, 0.15) is 23.6 Å². The molecule has 2 fully saturated rings. The van der Waals surface area contributed by atoms with E-state index in [0.29, 0.717) is 40.7 Å². The maximum atomic E-state index is 13.7. The number of carbonyl (C=O) groups is 4. The van der Waals surface area contributed by atoms with E-state index in [0.717, 1.165) is 19.3 Å². The van der Waals surface area contributed by atoms with E-state index in [2.05, 4.69) is 36.9 Å². The molecule has 11 heteroatoms. The van der Waals surface area contributed by atoms with E-state index in [1.807, 2.05) is 0 Å². The second-order valence-corrected chi connectivity index (χ2v) is 9.92. The fraction of sp³-hybridized carbons (Fsp3) is 0.478. The number of piperidine rings is 1. The number of amides is 4. The van der Waals surface area contributed by atoms with E-state index in [9.17, 15) is 23.6 Å². The average Bonchev–Trinajstić information content (AvgIpc) is 3.49. The summed E-state index contributed by atoms with van der Waals surface area (Å²) < 4.78 is 14.2. The number of halogens is 2. The first-order valence-electron chi connectivity index (χ1n) is 11.4. The molecule has 1 aromatic heterocycles. The van der Waals surface area contributed by atoms with E-state index >= 15 is 0 Å². The molecule has 2 aromatic rings. The van der Waals surface area contributed by atoms with Crippen molar-refractivity contribution < 1.29 is 23.6 Å². The summed E-state index contributed by atoms with van der Waals surface area (Å²) in [7, 11) is 0. The molecule has 1 saturated carbocycles. The largest absolute Gasteiger partial charge is 0.368 e. The maximum Gasteiger partial charge on any atom is 0.268 e. The Kier molecular flexibility index (Phi) is 7.20. The van der Waals surface area contributed by atoms with E-state index in [-0.39, 0.29) is 18.0 Å². The number of fused-ring (bicyclic) bond motifs is 1. The third-order valence-corrected chi connectivity index (χ3v) is 6.98. The van der Waals surface area contributed by atoms with Crippen LogP contribution in [0.4, 0.5) is 4.39 Å². The van der Waals surface area contributed by atoms with Crippen molar-refractivity contribution in [2.24, 2.45) is 17.6 Å². The molecule has 6 N–H and O–H groups in total. The molecular weight excluding hydrogens is 509 g/mol. The SMILES string of the molecule is NC(=O)C(CC1CCCNC1=O)NC(=O)C(CC1CC1)NC(=O)c1cc2cc(F)cc(Br)c2[nH]1. The van der Waals surface area contributed by atoms with Crippen LogP contribution in [-0.2, 0) is 14.4 Å². The second kappa shape index (κ2) is 10.1. The Bertz CT molecular complexity index is 1130. The van der Waals surface area contributed by atoms with Gasteiger partial charge in [-0.15, -0.1) is 0 Å². The van der Waals surface area contributed by atoms with Gasteiger partial charge in [-0.1, -0.05) is 12.8 Å². The number of hydrogen-bond acceptors (Lipinski definition) is 4. The normalized spacial score (nSPS) is 19.8. The molecular formula is C23H27BrFN5O4. The summed E-state index contributed by atoms with van der Waals surface area (Å²) in [6.45, 7) is 0.593. The number of nitrogens with one attached hydrogen (secondary N) is 4. The molecule has 1 aromatic carbocycles. The first kappa shape index (κ1) is 24.2. The molecule has 9 nitrogen and oxygen atoms in total. The Morgan fingerprint density at radius 1 is 1.12 bits per heavy atom. The summed E-state index contributed by atoms with van der Waals surface area (Å²) in [6, 6.07) is 2.21. The highest BCUT2D eigenvalue weighted by Crippen LogP contribution is 2.34. The summed E-state index contributed by atoms with van der Waals surface area (Å²) in [4.78, 5) is 53.1. The standard InChI is InChI=1S/C23H27BrFN5O4/c24-15-10-14(25)7-13-9-18(28-19(13)15)23(34)30-17(6-11-3-4-11)22(33)29-16(20(26)31)8-12-2-1-5-27-21(12)32/h7,9-12,16-17,28H,1-6,8H2,(H2,26,31)(H,27,32)(H,29,33)(H,30,34). The summed E-state index contributed by atoms with van der Waals surface area (Å²) in [6.07, 6.45) is 3.86. The van der Waals surface area contributed by atoms with Gasteiger partial charge in [0.15, 0.2) is 0 Å². The minimum Gasteiger partial charge on any atom is -0.368 e. The Morgan fingerprint density at radius 2 is 1.88 bits per heavy atom. The van der Waals surface area contributed by atoms with Crippen LogP contribution in [0, 0.1) is 17.7 Å². The maximum absolute atomic E-state index is 13.7. The first-order valence-corrected chi connectivity index (χ1v) is 12.2. The monoisotopic (exact) mass is 535 g/mol. The van der Waals surface area contributed by atoms with E-state index in [4.69, 9.17) is 5.73 Å². The van der Waals surface area contributed by atoms with Gasteiger partial charge in [-0.2, -0.15) is 0 Å². The fourth-order valence-corrected chi connectivity index (χ4v) is 4.85. The number of H-pyrrole nitrogens is 1. The number of hydrogen-bond donors (Lipinski definition) is 5. The van der Waals surface area contributed by atoms with Crippen molar-refractivity contribution in [3.8, 4) is 0 Å². The van der Waals surface area contributed by atoms with Gasteiger partial charge >= 0.3 is 0 Å². The van der Waals surface area contributed by atoms with Crippen molar-refractivity contribution in [2.75, 3.05) is 6.54 Å². The molecule has 34 heavy (non-hydrogen) atoms. The number of nitrogens with two attached hydrogens (primary N) is 1. The molecule has 1 aliphatic carbocycles. The Hall–Kier alpha value is -2.95. The summed E-state index contributed by atoms with van der Waals surface area (Å²) in [5.74, 6) is -2.48. The molecule has 182 valence electrons. The van der Waals surface area contributed by atoms with Gasteiger partial charge in [0.05, 0.1) is 5.52 Å². The smallest absolute Gasteiger partial charge is 0.268 e. The summed E-state index contributed by atoms with van der Waals surface area (Å²) in [5.41, 5.74) is 6.26. The van der Waals surface area contributed by atoms with Crippen molar-refractivity contribution in [3.63, 3.8) is 0 Å². The molecule has 4 rings (SSSR count). The topological polar surface area (TPSA) is 146 Å². The van der Waals surface area contributed by atoms with Crippen LogP contribution >= 0.6 is 15.9 Å². The van der Waals surface area contributed by atoms with Gasteiger partial charge in [0, 0.05) is 22.3 Å². The Morgan fingerprint density at radius 3 is 2.56 bits per heavy atom. The number of carbonyl (C=O) groups excluding carboxylic acids is 4. The molecule has 2 aliphatic rings. The van der Waals surface area contributed by atoms with Crippen LogP contribution in [0.2, 0.25) is 0 Å². The lowest BCUT2D eigenvalue weighted by atomic mass is 9.91. The first-order chi connectivity index (χ1) is 16.2. The molecule has 0 bridgehead atoms. The van der Waals surface area contributed by atoms with Crippen LogP contribution in [-0.4, -0.2) is 47.2 Å². The van der Waals surface area contributed by atoms with Gasteiger partial charge in [-0.05, 0) is 65.7 Å². The summed E-state index contributed by atoms with van der Waals surface area (Å²) in [5, 5.41) is 8.65. The average molecular weight is 536 g/mol. The second-order valence-electron chi connectivity index (χ2n) is 9.07. The predicted octanol–water partition coefficient (Wildman–Crippen LogP) is 1.85. The minimum atomic E-state index is -1.02. The van der Waals surface area contributed by atoms with Crippen molar-refractivity contribution in [1.82, 2.24) is 20.9 Å². The minimum absolute atomic E-state index is 0.110. The molecule has 3 atom stereocenters. The van der Waals surface area contributed by atoms with Crippen molar-refractivity contribution >= 4 is 50.5 Å². The van der Waals surface area contributed by atoms with Crippen LogP contribution in [0.25, 0.3) is 10.9 Å². The number of aromatic amines is 1. The zero-order valence-corrected chi connectivity index (χ0v) is 20.0. The zero-order valence-electron chi connectivity index (χ0n) is 18.5. The van der Waals surface area contributed by atoms with Crippen LogP contribution in [0.3, 0.4) is 0 Å². The molecule has 4 amide bonds. The van der Waals surface area contributed by atoms with Crippen molar-refractivity contribution in [3.05, 3.63) is 34.2 Å². The molecule has 1 aliphatic heterocycles. The Balaban J connectivity index is 1.46. The molecule has 1 saturated heterocycles. The third kappa shape index (κ3) is 5.75. The number of primary amides is 1. The van der Waals surface area contributed by atoms with E-state index in [1.165, 1.54) is 18.2 Å². The van der Waals surface area contributed by atoms with Gasteiger partial charge in [-0.3, -0.25) is 19.2 Å². The summed E-state index contributed by atoms with van der Waals surface area (Å²) >= 11 is 3.27. The van der Waals surface area contributed by atoms with Crippen molar-refractivity contribution in [1.29, 1.82) is 0 Å². The molecule has 0 radical (unpaired) electrons. The molecule has 3 unspecified atom stereocenters. The highest BCUT2D eigenvalue weighted by Gasteiger charge is 2.34. The van der Waals surface area contributed by atoms with Crippen LogP contribution < -0.4 is 21.7 Å². The van der Waals surface area contributed by atoms with Crippen molar-refractivity contribution in [2.45, 2.75) is 50.6 Å². The molecule has 2 heterocycles. The van der Waals surface area contributed by atoms with E-state index < -0.39 is 41.5 Å². The lowest BCUT2D eigenvalue weighted by molar-refractivity contribution is -0.131. The quantitative estimate of drug-likeness (QED) is 0.333. The predicted molar refractivity (Wildman–Crippen MR) is 126 cm³/mol. The van der Waals surface area contributed by atoms with E-state index in [1.54, 1.807) is 0 Å². The lowest BCUT2D eigenvalue weighted by Gasteiger charge is -2.27. The van der Waals surface area contributed by atoms with Gasteiger partial charge < -0.3 is 26.7 Å². The highest BCUT2D eigenvalue weighted by atomic mass is 79.9. The highest BCUT2D eigenvalue weighted by molar-refractivity contribution is 9.10. The lowest BCUT2D eigenvalue weighted by Crippen LogP contribution is -2.54. The zero-order chi connectivity index (χ0) is 24.4.